The molecule has 5 nitrogen and oxygen atoms in total. The fourth-order valence-electron chi connectivity index (χ4n) is 3.17. The predicted octanol–water partition coefficient (Wildman–Crippen LogP) is 5.31. The van der Waals surface area contributed by atoms with Gasteiger partial charge in [0.15, 0.2) is 6.61 Å². The Labute approximate surface area is 180 Å². The van der Waals surface area contributed by atoms with Crippen molar-refractivity contribution in [2.24, 2.45) is 0 Å². The van der Waals surface area contributed by atoms with Gasteiger partial charge in [-0.05, 0) is 61.4 Å². The van der Waals surface area contributed by atoms with Crippen molar-refractivity contribution in [2.75, 3.05) is 11.9 Å². The van der Waals surface area contributed by atoms with Gasteiger partial charge in [0.1, 0.15) is 17.4 Å². The number of amides is 1. The Balaban J connectivity index is 1.58. The topological polar surface area (TPSA) is 56.1 Å². The summed E-state index contributed by atoms with van der Waals surface area (Å²) in [7, 11) is 0. The van der Waals surface area contributed by atoms with Gasteiger partial charge in [0.25, 0.3) is 5.91 Å². The number of aromatic nitrogens is 2. The highest BCUT2D eigenvalue weighted by Gasteiger charge is 2.16. The van der Waals surface area contributed by atoms with Crippen LogP contribution in [0.15, 0.2) is 78.9 Å². The molecule has 3 aromatic carbocycles. The number of hydrogen-bond acceptors (Lipinski definition) is 3. The maximum atomic E-state index is 14.3. The Morgan fingerprint density at radius 1 is 0.968 bits per heavy atom. The van der Waals surface area contributed by atoms with Gasteiger partial charge < -0.3 is 10.1 Å². The standard InChI is InChI=1S/C25H22FN3O2/c1-17-12-13-20(14-18(17)2)31-16-25(30)27-24-15-23(21-10-6-7-11-22(21)26)28-29(24)19-8-4-3-5-9-19/h3-15H,16H2,1-2H3,(H,27,30). The summed E-state index contributed by atoms with van der Waals surface area (Å²) in [6, 6.07) is 23.1. The molecule has 0 aliphatic heterocycles. The van der Waals surface area contributed by atoms with E-state index in [2.05, 4.69) is 10.4 Å². The summed E-state index contributed by atoms with van der Waals surface area (Å²) in [5.41, 5.74) is 3.78. The number of carbonyl (C=O) groups excluding carboxylic acids is 1. The summed E-state index contributed by atoms with van der Waals surface area (Å²) in [5, 5.41) is 7.35. The molecule has 0 bridgehead atoms. The molecule has 1 aromatic heterocycles. The first-order valence-electron chi connectivity index (χ1n) is 9.91. The van der Waals surface area contributed by atoms with Crippen LogP contribution in [-0.4, -0.2) is 22.3 Å². The van der Waals surface area contributed by atoms with E-state index < -0.39 is 0 Å². The Kier molecular flexibility index (Phi) is 5.80. The summed E-state index contributed by atoms with van der Waals surface area (Å²) >= 11 is 0. The second-order valence-electron chi connectivity index (χ2n) is 7.22. The molecule has 0 aliphatic rings. The summed E-state index contributed by atoms with van der Waals surface area (Å²) in [6.45, 7) is 3.85. The maximum Gasteiger partial charge on any atom is 0.263 e. The van der Waals surface area contributed by atoms with Crippen LogP contribution in [0.2, 0.25) is 0 Å². The number of hydrogen-bond donors (Lipinski definition) is 1. The highest BCUT2D eigenvalue weighted by Crippen LogP contribution is 2.26. The van der Waals surface area contributed by atoms with Crippen molar-refractivity contribution in [3.63, 3.8) is 0 Å². The largest absolute Gasteiger partial charge is 0.484 e. The average molecular weight is 415 g/mol. The van der Waals surface area contributed by atoms with Crippen LogP contribution in [0.1, 0.15) is 11.1 Å². The third kappa shape index (κ3) is 4.64. The summed E-state index contributed by atoms with van der Waals surface area (Å²) in [6.07, 6.45) is 0. The van der Waals surface area contributed by atoms with Crippen LogP contribution < -0.4 is 10.1 Å². The van der Waals surface area contributed by atoms with Crippen LogP contribution in [0.4, 0.5) is 10.2 Å². The summed E-state index contributed by atoms with van der Waals surface area (Å²) in [4.78, 5) is 12.6. The summed E-state index contributed by atoms with van der Waals surface area (Å²) < 4.78 is 21.5. The molecule has 0 aliphatic carbocycles. The molecule has 0 saturated heterocycles. The number of benzene rings is 3. The number of ether oxygens (including phenoxy) is 1. The van der Waals surface area contributed by atoms with Gasteiger partial charge in [-0.3, -0.25) is 4.79 Å². The van der Waals surface area contributed by atoms with Gasteiger partial charge >= 0.3 is 0 Å². The molecule has 0 atom stereocenters. The van der Waals surface area contributed by atoms with Crippen molar-refractivity contribution in [1.29, 1.82) is 0 Å². The molecular weight excluding hydrogens is 393 g/mol. The number of carbonyl (C=O) groups is 1. The summed E-state index contributed by atoms with van der Waals surface area (Å²) in [5.74, 6) is 0.339. The second kappa shape index (κ2) is 8.83. The number of nitrogens with one attached hydrogen (secondary N) is 1. The Morgan fingerprint density at radius 3 is 2.45 bits per heavy atom. The van der Waals surface area contributed by atoms with Crippen LogP contribution in [-0.2, 0) is 4.79 Å². The van der Waals surface area contributed by atoms with E-state index in [1.165, 1.54) is 6.07 Å². The second-order valence-corrected chi connectivity index (χ2v) is 7.22. The van der Waals surface area contributed by atoms with Crippen molar-refractivity contribution in [3.05, 3.63) is 95.8 Å². The number of para-hydroxylation sites is 1. The fraction of sp³-hybridized carbons (Fsp3) is 0.120. The predicted molar refractivity (Wildman–Crippen MR) is 119 cm³/mol. The quantitative estimate of drug-likeness (QED) is 0.464. The van der Waals surface area contributed by atoms with Crippen molar-refractivity contribution in [2.45, 2.75) is 13.8 Å². The lowest BCUT2D eigenvalue weighted by Crippen LogP contribution is -2.21. The monoisotopic (exact) mass is 415 g/mol. The number of halogens is 1. The third-order valence-electron chi connectivity index (χ3n) is 4.98. The zero-order valence-corrected chi connectivity index (χ0v) is 17.3. The van der Waals surface area contributed by atoms with Crippen LogP contribution in [0.5, 0.6) is 5.75 Å². The first-order valence-corrected chi connectivity index (χ1v) is 9.91. The lowest BCUT2D eigenvalue weighted by Gasteiger charge is -2.10. The molecule has 1 heterocycles. The highest BCUT2D eigenvalue weighted by molar-refractivity contribution is 5.92. The zero-order valence-electron chi connectivity index (χ0n) is 17.3. The van der Waals surface area contributed by atoms with E-state index >= 15 is 0 Å². The maximum absolute atomic E-state index is 14.3. The molecule has 0 unspecified atom stereocenters. The lowest BCUT2D eigenvalue weighted by atomic mass is 10.1. The normalized spacial score (nSPS) is 10.7. The lowest BCUT2D eigenvalue weighted by molar-refractivity contribution is -0.118. The first-order chi connectivity index (χ1) is 15.0. The van der Waals surface area contributed by atoms with E-state index in [4.69, 9.17) is 4.74 Å². The number of anilines is 1. The van der Waals surface area contributed by atoms with E-state index in [0.717, 1.165) is 16.8 Å². The van der Waals surface area contributed by atoms with E-state index in [9.17, 15) is 9.18 Å². The molecule has 31 heavy (non-hydrogen) atoms. The van der Waals surface area contributed by atoms with Crippen molar-refractivity contribution in [1.82, 2.24) is 9.78 Å². The molecule has 0 saturated carbocycles. The van der Waals surface area contributed by atoms with Gasteiger partial charge in [-0.15, -0.1) is 0 Å². The van der Waals surface area contributed by atoms with E-state index in [-0.39, 0.29) is 18.3 Å². The Morgan fingerprint density at radius 2 is 1.71 bits per heavy atom. The SMILES string of the molecule is Cc1ccc(OCC(=O)Nc2cc(-c3ccccc3F)nn2-c2ccccc2)cc1C. The molecule has 0 fully saturated rings. The fourth-order valence-corrected chi connectivity index (χ4v) is 3.17. The van der Waals surface area contributed by atoms with Crippen molar-refractivity contribution < 1.29 is 13.9 Å². The molecule has 4 rings (SSSR count). The van der Waals surface area contributed by atoms with Gasteiger partial charge in [-0.1, -0.05) is 36.4 Å². The van der Waals surface area contributed by atoms with Crippen LogP contribution in [0, 0.1) is 19.7 Å². The van der Waals surface area contributed by atoms with Gasteiger partial charge in [0.05, 0.1) is 11.4 Å². The molecule has 4 aromatic rings. The van der Waals surface area contributed by atoms with Crippen LogP contribution in [0.3, 0.4) is 0 Å². The van der Waals surface area contributed by atoms with Crippen LogP contribution >= 0.6 is 0 Å². The van der Waals surface area contributed by atoms with Crippen molar-refractivity contribution in [3.8, 4) is 22.7 Å². The minimum atomic E-state index is -0.379. The minimum absolute atomic E-state index is 0.155. The minimum Gasteiger partial charge on any atom is -0.484 e. The molecule has 1 N–H and O–H groups in total. The van der Waals surface area contributed by atoms with Gasteiger partial charge in [-0.2, -0.15) is 5.10 Å². The average Bonchev–Trinajstić information content (AvgIpc) is 3.19. The number of nitrogens with zero attached hydrogens (tertiary/aromatic N) is 2. The van der Waals surface area contributed by atoms with E-state index in [1.807, 2.05) is 62.4 Å². The molecule has 0 radical (unpaired) electrons. The Bertz CT molecular complexity index is 1220. The van der Waals surface area contributed by atoms with Crippen LogP contribution in [0.25, 0.3) is 16.9 Å². The van der Waals surface area contributed by atoms with Gasteiger partial charge in [-0.25, -0.2) is 9.07 Å². The highest BCUT2D eigenvalue weighted by atomic mass is 19.1. The Hall–Kier alpha value is -3.93. The smallest absolute Gasteiger partial charge is 0.263 e. The zero-order chi connectivity index (χ0) is 21.8. The van der Waals surface area contributed by atoms with E-state index in [1.54, 1.807) is 28.9 Å². The van der Waals surface area contributed by atoms with Crippen molar-refractivity contribution >= 4 is 11.7 Å². The van der Waals surface area contributed by atoms with E-state index in [0.29, 0.717) is 22.8 Å². The molecule has 156 valence electrons. The number of rotatable bonds is 6. The third-order valence-corrected chi connectivity index (χ3v) is 4.98. The molecule has 1 amide bonds. The molecule has 6 heteroatoms. The molecule has 0 spiro atoms. The first kappa shape index (κ1) is 20.3. The number of aryl methyl sites for hydroxylation is 2. The van der Waals surface area contributed by atoms with Gasteiger partial charge in [0, 0.05) is 11.6 Å². The van der Waals surface area contributed by atoms with Gasteiger partial charge in [0.2, 0.25) is 0 Å². The molecular formula is C25H22FN3O2.